The van der Waals surface area contributed by atoms with Crippen LogP contribution in [0.3, 0.4) is 0 Å². The van der Waals surface area contributed by atoms with Gasteiger partial charge in [-0.15, -0.1) is 0 Å². The Morgan fingerprint density at radius 3 is 1.10 bits per heavy atom. The molecule has 0 aromatic heterocycles. The number of unbranched alkanes of at least 4 members (excludes halogenated alkanes) is 1. The van der Waals surface area contributed by atoms with Crippen molar-refractivity contribution in [2.24, 2.45) is 5.92 Å². The van der Waals surface area contributed by atoms with Crippen LogP contribution in [0.25, 0.3) is 0 Å². The van der Waals surface area contributed by atoms with E-state index in [1.165, 1.54) is 27.7 Å². The molecule has 0 fully saturated rings. The van der Waals surface area contributed by atoms with Gasteiger partial charge in [-0.2, -0.15) is 0 Å². The Morgan fingerprint density at radius 1 is 0.374 bits per heavy atom. The minimum absolute atomic E-state index is 0.00165. The summed E-state index contributed by atoms with van der Waals surface area (Å²) in [5.41, 5.74) is 1.49. The van der Waals surface area contributed by atoms with Gasteiger partial charge in [0.25, 0.3) is 0 Å². The molecule has 0 aromatic carbocycles. The van der Waals surface area contributed by atoms with Crippen LogP contribution >= 0.6 is 0 Å². The maximum Gasteiger partial charge on any atom is 0.407 e. The molecule has 0 aliphatic heterocycles. The van der Waals surface area contributed by atoms with Crippen LogP contribution in [-0.4, -0.2) is 335 Å². The number of amides is 4. The summed E-state index contributed by atoms with van der Waals surface area (Å²) in [6.45, 7) is 31.8. The number of nitrogens with zero attached hydrogens (tertiary/aromatic N) is 3. The largest absolute Gasteiger partial charge is 0.748 e. The van der Waals surface area contributed by atoms with Crippen LogP contribution in [0.2, 0.25) is 0 Å². The van der Waals surface area contributed by atoms with Crippen molar-refractivity contribution in [2.75, 3.05) is 211 Å². The number of quaternary nitrogens is 3. The molecule has 4 N–H and O–H groups in total. The van der Waals surface area contributed by atoms with E-state index in [0.717, 1.165) is 0 Å². The SMILES string of the molecule is C=C(C)C(=O)OCCNC(=O)CC(COC(=O)NCCOC(=O)C(=C)C)C[N+](C)(C)CC(=O)[O-].C=C(C)C(=O)OCCNC(=O)OCC(C[N+](C)(C)CCCS(=O)(=O)[O-])OC(=O)NCCOC(=O)C(=C)C.C=C(C)C(=O)OCCOCCCC(=O)OCC[N+](C)(CCCCS(=O)(=O)[O-])CCOC(=O)CCCOCCOC(=O)C(=C)C. The molecule has 40 nitrogen and oxygen atoms in total. The summed E-state index contributed by atoms with van der Waals surface area (Å²) in [6.07, 6.45) is -1.69. The predicted molar refractivity (Wildman–Crippen MR) is 407 cm³/mol. The standard InChI is InChI=1S/C29H49NO13S.C22H37N3O11S.C22H35N3O9/c1-24(2)28(33)42-21-19-38-15-8-10-26(31)40-17-13-30(5,12-6-7-23-44(35,36)37)14-18-41-27(32)11-9-16-39-20-22-43-29(34)25(3)4;1-16(2)19(26)33-11-8-23-21(28)35-15-18(14-25(5,6)10-7-13-37(30,31)32)36-22(29)24-9-12-34-20(27)17(3)4;1-15(2)20(29)32-9-7-23-18(26)11-17(12-25(5,6)13-19(27)28)14-34-22(31)24-8-10-33-21(30)16(3)4/h1,3,6-23H2,2,4-5H3;18H,1,3,7-15H2,2,4-6H3,(H2-,23,24,28,29,30,31,32);17H,1,3,7-14H2,2,4-6H3,(H2-,23,24,26,27,28,31). The monoisotopic (exact) mass is 1690 g/mol. The Balaban J connectivity index is -0.00000165. The highest BCUT2D eigenvalue weighted by Crippen LogP contribution is 2.14. The van der Waals surface area contributed by atoms with Crippen LogP contribution in [-0.2, 0) is 130 Å². The highest BCUT2D eigenvalue weighted by atomic mass is 32.2. The number of carbonyl (C=O) groups excluding carboxylic acids is 13. The van der Waals surface area contributed by atoms with E-state index in [1.807, 2.05) is 7.05 Å². The highest BCUT2D eigenvalue weighted by molar-refractivity contribution is 7.85. The molecule has 4 amide bonds. The molecule has 0 saturated heterocycles. The van der Waals surface area contributed by atoms with Crippen molar-refractivity contribution in [1.82, 2.24) is 21.3 Å². The van der Waals surface area contributed by atoms with Crippen LogP contribution < -0.4 is 26.4 Å². The number of ether oxygens (including phenoxy) is 13. The van der Waals surface area contributed by atoms with Crippen molar-refractivity contribution in [3.05, 3.63) is 72.9 Å². The fourth-order valence-electron chi connectivity index (χ4n) is 8.92. The van der Waals surface area contributed by atoms with E-state index in [9.17, 15) is 93.4 Å². The van der Waals surface area contributed by atoms with E-state index < -0.39 is 116 Å². The first-order valence-electron chi connectivity index (χ1n) is 36.4. The summed E-state index contributed by atoms with van der Waals surface area (Å²) in [5, 5.41) is 20.8. The number of esters is 8. The molecule has 0 aliphatic rings. The number of hydrogen-bond donors (Lipinski definition) is 4. The molecule has 0 rings (SSSR count). The normalized spacial score (nSPS) is 11.7. The van der Waals surface area contributed by atoms with Gasteiger partial charge in [-0.1, -0.05) is 39.5 Å². The Hall–Kier alpha value is -9.43. The van der Waals surface area contributed by atoms with Gasteiger partial charge in [0.15, 0.2) is 6.10 Å². The summed E-state index contributed by atoms with van der Waals surface area (Å²) < 4.78 is 132. The first kappa shape index (κ1) is 110. The highest BCUT2D eigenvalue weighted by Gasteiger charge is 2.30. The predicted octanol–water partition coefficient (Wildman–Crippen LogP) is 0.635. The number of rotatable bonds is 60. The molecule has 115 heavy (non-hydrogen) atoms. The summed E-state index contributed by atoms with van der Waals surface area (Å²) in [6, 6.07) is 0. The minimum Gasteiger partial charge on any atom is -0.748 e. The topological polar surface area (TPSA) is 527 Å². The second-order valence-corrected chi connectivity index (χ2v) is 30.7. The lowest BCUT2D eigenvalue weighted by Gasteiger charge is -2.34. The smallest absolute Gasteiger partial charge is 0.407 e. The van der Waals surface area contributed by atoms with Gasteiger partial charge in [-0.05, 0) is 67.2 Å². The summed E-state index contributed by atoms with van der Waals surface area (Å²) >= 11 is 0. The fourth-order valence-corrected chi connectivity index (χ4v) is 9.96. The molecule has 0 heterocycles. The maximum absolute atomic E-state index is 12.3. The molecular formula is C73H121N7O33S2. The molecular weight excluding hydrogens is 1570 g/mol. The first-order valence-corrected chi connectivity index (χ1v) is 39.6. The molecule has 0 radical (unpaired) electrons. The van der Waals surface area contributed by atoms with Crippen molar-refractivity contribution in [1.29, 1.82) is 0 Å². The number of likely N-dealkylation sites (N-methyl/N-ethyl adjacent to an activating group) is 3. The third-order valence-corrected chi connectivity index (χ3v) is 16.3. The second kappa shape index (κ2) is 61.0. The Kier molecular flexibility index (Phi) is 58.2. The third kappa shape index (κ3) is 68.7. The number of carboxylic acids is 1. The van der Waals surface area contributed by atoms with Gasteiger partial charge in [0, 0.05) is 83.8 Å². The third-order valence-electron chi connectivity index (χ3n) is 14.7. The zero-order chi connectivity index (χ0) is 88.4. The number of carbonyl (C=O) groups is 13. The van der Waals surface area contributed by atoms with Crippen LogP contribution in [0.15, 0.2) is 72.9 Å². The van der Waals surface area contributed by atoms with Gasteiger partial charge < -0.3 is 115 Å². The zero-order valence-corrected chi connectivity index (χ0v) is 69.9. The molecule has 2 atom stereocenters. The van der Waals surface area contributed by atoms with E-state index >= 15 is 0 Å². The van der Waals surface area contributed by atoms with E-state index in [0.29, 0.717) is 67.7 Å². The second-order valence-electron chi connectivity index (χ2n) is 27.7. The average molecular weight is 1690 g/mol. The first-order chi connectivity index (χ1) is 53.4. The van der Waals surface area contributed by atoms with Crippen molar-refractivity contribution in [3.8, 4) is 0 Å². The van der Waals surface area contributed by atoms with E-state index in [1.54, 1.807) is 42.0 Å². The lowest BCUT2D eigenvalue weighted by atomic mass is 10.0. The molecule has 0 aromatic rings. The van der Waals surface area contributed by atoms with Gasteiger partial charge in [-0.3, -0.25) is 14.4 Å². The Morgan fingerprint density at radius 2 is 0.730 bits per heavy atom. The molecule has 0 spiro atoms. The van der Waals surface area contributed by atoms with Crippen molar-refractivity contribution >= 4 is 98.1 Å². The lowest BCUT2D eigenvalue weighted by molar-refractivity contribution is -0.910. The lowest BCUT2D eigenvalue weighted by Crippen LogP contribution is -2.51. The van der Waals surface area contributed by atoms with E-state index in [2.05, 4.69) is 60.7 Å². The van der Waals surface area contributed by atoms with Gasteiger partial charge in [0.05, 0.1) is 126 Å². The Bertz CT molecular complexity index is 3380. The average Bonchev–Trinajstić information content (AvgIpc) is 0.889. The van der Waals surface area contributed by atoms with Gasteiger partial charge in [0.1, 0.15) is 92.2 Å². The molecule has 2 unspecified atom stereocenters. The molecule has 0 aliphatic carbocycles. The van der Waals surface area contributed by atoms with Gasteiger partial charge >= 0.3 is 66.0 Å². The van der Waals surface area contributed by atoms with Crippen molar-refractivity contribution < 1.29 is 168 Å². The number of alkyl carbamates (subject to hydrolysis) is 3. The minimum atomic E-state index is -4.37. The van der Waals surface area contributed by atoms with Gasteiger partial charge in [-0.25, -0.2) is 60.0 Å². The molecule has 42 heteroatoms. The van der Waals surface area contributed by atoms with Crippen molar-refractivity contribution in [2.45, 2.75) is 99.0 Å². The summed E-state index contributed by atoms with van der Waals surface area (Å²) in [7, 11) is -0.0780. The van der Waals surface area contributed by atoms with E-state index in [4.69, 9.17) is 61.6 Å². The van der Waals surface area contributed by atoms with E-state index in [-0.39, 0.29) is 201 Å². The number of nitrogens with one attached hydrogen (secondary N) is 4. The number of carboxylic acid groups (broad SMARTS) is 1. The van der Waals surface area contributed by atoms with Crippen molar-refractivity contribution in [3.63, 3.8) is 0 Å². The maximum atomic E-state index is 12.3. The molecule has 658 valence electrons. The molecule has 0 bridgehead atoms. The quantitative estimate of drug-likeness (QED) is 0.0162. The van der Waals surface area contributed by atoms with Gasteiger partial charge in [0.2, 0.25) is 5.91 Å². The van der Waals surface area contributed by atoms with Crippen LogP contribution in [0, 0.1) is 5.92 Å². The summed E-state index contributed by atoms with van der Waals surface area (Å²) in [4.78, 5) is 152. The molecule has 0 saturated carbocycles. The van der Waals surface area contributed by atoms with Crippen LogP contribution in [0.5, 0.6) is 0 Å². The number of aliphatic carboxylic acids is 1. The summed E-state index contributed by atoms with van der Waals surface area (Å²) in [5.74, 6) is -7.32. The number of hydrogen-bond acceptors (Lipinski definition) is 33. The van der Waals surface area contributed by atoms with Crippen LogP contribution in [0.4, 0.5) is 14.4 Å². The fraction of sp³-hybridized carbons (Fsp3) is 0.658. The Labute approximate surface area is 674 Å². The zero-order valence-electron chi connectivity index (χ0n) is 68.3. The van der Waals surface area contributed by atoms with Crippen LogP contribution in [0.1, 0.15) is 92.9 Å².